The van der Waals surface area contributed by atoms with E-state index in [1.54, 1.807) is 0 Å². The summed E-state index contributed by atoms with van der Waals surface area (Å²) in [6.45, 7) is 9.61. The zero-order valence-electron chi connectivity index (χ0n) is 11.7. The fraction of sp³-hybridized carbons (Fsp3) is 0.786. The summed E-state index contributed by atoms with van der Waals surface area (Å²) in [4.78, 5) is 11.9. The number of rotatable bonds is 7. The molecule has 0 aliphatic rings. The lowest BCUT2D eigenvalue weighted by Gasteiger charge is -2.11. The van der Waals surface area contributed by atoms with E-state index in [1.165, 1.54) is 5.69 Å². The van der Waals surface area contributed by atoms with Gasteiger partial charge < -0.3 is 0 Å². The second-order valence-electron chi connectivity index (χ2n) is 5.22. The molecule has 0 unspecified atom stereocenters. The third kappa shape index (κ3) is 3.76. The van der Waals surface area contributed by atoms with Crippen LogP contribution in [0.15, 0.2) is 4.79 Å². The van der Waals surface area contributed by atoms with Crippen LogP contribution in [-0.2, 0) is 19.4 Å². The van der Waals surface area contributed by atoms with Gasteiger partial charge in [0.1, 0.15) is 0 Å². The first-order valence-electron chi connectivity index (χ1n) is 6.90. The third-order valence-corrected chi connectivity index (χ3v) is 3.00. The van der Waals surface area contributed by atoms with Gasteiger partial charge in [0, 0.05) is 17.8 Å². The molecule has 0 saturated heterocycles. The lowest BCUT2D eigenvalue weighted by molar-refractivity contribution is 0.464. The molecule has 17 heavy (non-hydrogen) atoms. The largest absolute Gasteiger partial charge is 0.289 e. The van der Waals surface area contributed by atoms with Gasteiger partial charge in [-0.15, -0.1) is 0 Å². The monoisotopic (exact) mass is 238 g/mol. The maximum absolute atomic E-state index is 11.9. The van der Waals surface area contributed by atoms with E-state index in [9.17, 15) is 4.79 Å². The Morgan fingerprint density at radius 3 is 2.41 bits per heavy atom. The quantitative estimate of drug-likeness (QED) is 0.778. The summed E-state index contributed by atoms with van der Waals surface area (Å²) in [6.07, 6.45) is 5.26. The minimum atomic E-state index is 0.127. The summed E-state index contributed by atoms with van der Waals surface area (Å²) in [5, 5.41) is 3.00. The molecule has 0 atom stereocenters. The number of unbranched alkanes of at least 4 members (excludes halogenated alkanes) is 1. The topological polar surface area (TPSA) is 37.8 Å². The number of nitrogens with zero attached hydrogens (tertiary/aromatic N) is 1. The van der Waals surface area contributed by atoms with Crippen molar-refractivity contribution in [2.45, 2.75) is 66.3 Å². The Hall–Kier alpha value is -0.990. The zero-order valence-corrected chi connectivity index (χ0v) is 11.7. The standard InChI is InChI=1S/C14H26N2O/c1-5-7-9-12-13(8-6-2)16(10-11(3)4)15-14(12)17/h11H,5-10H2,1-4H3,(H,15,17). The highest BCUT2D eigenvalue weighted by Crippen LogP contribution is 2.12. The van der Waals surface area contributed by atoms with Crippen LogP contribution < -0.4 is 5.56 Å². The fourth-order valence-electron chi connectivity index (χ4n) is 2.21. The van der Waals surface area contributed by atoms with Crippen LogP contribution in [0.3, 0.4) is 0 Å². The van der Waals surface area contributed by atoms with Crippen LogP contribution in [0.5, 0.6) is 0 Å². The van der Waals surface area contributed by atoms with Crippen molar-refractivity contribution in [2.24, 2.45) is 5.92 Å². The first-order valence-corrected chi connectivity index (χ1v) is 6.90. The van der Waals surface area contributed by atoms with Crippen LogP contribution >= 0.6 is 0 Å². The normalized spacial score (nSPS) is 11.4. The van der Waals surface area contributed by atoms with Crippen LogP contribution in [-0.4, -0.2) is 9.78 Å². The van der Waals surface area contributed by atoms with Crippen LogP contribution in [0.25, 0.3) is 0 Å². The van der Waals surface area contributed by atoms with Crippen molar-refractivity contribution in [2.75, 3.05) is 0 Å². The summed E-state index contributed by atoms with van der Waals surface area (Å²) >= 11 is 0. The summed E-state index contributed by atoms with van der Waals surface area (Å²) < 4.78 is 2.07. The van der Waals surface area contributed by atoms with E-state index >= 15 is 0 Å². The molecule has 1 rings (SSSR count). The molecule has 1 aromatic rings. The van der Waals surface area contributed by atoms with Crippen molar-refractivity contribution in [3.8, 4) is 0 Å². The van der Waals surface area contributed by atoms with Crippen molar-refractivity contribution in [3.05, 3.63) is 21.6 Å². The minimum Gasteiger partial charge on any atom is -0.289 e. The molecule has 3 nitrogen and oxygen atoms in total. The molecule has 3 heteroatoms. The summed E-state index contributed by atoms with van der Waals surface area (Å²) in [5.41, 5.74) is 2.39. The molecule has 0 radical (unpaired) electrons. The number of H-pyrrole nitrogens is 1. The van der Waals surface area contributed by atoms with Gasteiger partial charge in [-0.1, -0.05) is 40.5 Å². The van der Waals surface area contributed by atoms with Crippen LogP contribution in [0.4, 0.5) is 0 Å². The average molecular weight is 238 g/mol. The SMILES string of the molecule is CCCCc1c(CCC)n(CC(C)C)[nH]c1=O. The van der Waals surface area contributed by atoms with Gasteiger partial charge in [0.2, 0.25) is 0 Å². The highest BCUT2D eigenvalue weighted by atomic mass is 16.1. The molecule has 1 N–H and O–H groups in total. The van der Waals surface area contributed by atoms with Crippen molar-refractivity contribution in [3.63, 3.8) is 0 Å². The Bertz CT molecular complexity index is 387. The van der Waals surface area contributed by atoms with E-state index in [0.29, 0.717) is 5.92 Å². The molecule has 0 saturated carbocycles. The van der Waals surface area contributed by atoms with Gasteiger partial charge in [-0.3, -0.25) is 14.6 Å². The molecular weight excluding hydrogens is 212 g/mol. The van der Waals surface area contributed by atoms with Crippen molar-refractivity contribution in [1.82, 2.24) is 9.78 Å². The molecule has 0 bridgehead atoms. The fourth-order valence-corrected chi connectivity index (χ4v) is 2.21. The first kappa shape index (κ1) is 14.1. The van der Waals surface area contributed by atoms with Gasteiger partial charge in [0.05, 0.1) is 0 Å². The maximum atomic E-state index is 11.9. The second-order valence-corrected chi connectivity index (χ2v) is 5.22. The molecule has 1 heterocycles. The van der Waals surface area contributed by atoms with E-state index in [-0.39, 0.29) is 5.56 Å². The number of aromatic amines is 1. The van der Waals surface area contributed by atoms with Gasteiger partial charge in [0.25, 0.3) is 5.56 Å². The Kier molecular flexibility index (Phi) is 5.52. The molecular formula is C14H26N2O. The van der Waals surface area contributed by atoms with Gasteiger partial charge in [-0.25, -0.2) is 0 Å². The molecule has 1 aromatic heterocycles. The molecule has 0 aromatic carbocycles. The minimum absolute atomic E-state index is 0.127. The Morgan fingerprint density at radius 2 is 1.88 bits per heavy atom. The van der Waals surface area contributed by atoms with Crippen LogP contribution in [0.1, 0.15) is 58.2 Å². The number of hydrogen-bond donors (Lipinski definition) is 1. The van der Waals surface area contributed by atoms with E-state index in [4.69, 9.17) is 0 Å². The highest BCUT2D eigenvalue weighted by molar-refractivity contribution is 5.18. The Morgan fingerprint density at radius 1 is 1.18 bits per heavy atom. The van der Waals surface area contributed by atoms with Crippen LogP contribution in [0.2, 0.25) is 0 Å². The molecule has 0 fully saturated rings. The second kappa shape index (κ2) is 6.67. The molecule has 0 amide bonds. The van der Waals surface area contributed by atoms with E-state index in [0.717, 1.165) is 44.2 Å². The third-order valence-electron chi connectivity index (χ3n) is 3.00. The number of aromatic nitrogens is 2. The lowest BCUT2D eigenvalue weighted by atomic mass is 10.1. The van der Waals surface area contributed by atoms with Crippen molar-refractivity contribution in [1.29, 1.82) is 0 Å². The Labute approximate surface area is 104 Å². The Balaban J connectivity index is 3.00. The highest BCUT2D eigenvalue weighted by Gasteiger charge is 2.13. The molecule has 98 valence electrons. The van der Waals surface area contributed by atoms with E-state index in [1.807, 2.05) is 0 Å². The molecule has 0 aliphatic carbocycles. The molecule has 0 spiro atoms. The molecule has 0 aliphatic heterocycles. The summed E-state index contributed by atoms with van der Waals surface area (Å²) in [6, 6.07) is 0. The predicted octanol–water partition coefficient (Wildman–Crippen LogP) is 3.13. The van der Waals surface area contributed by atoms with Gasteiger partial charge in [-0.05, 0) is 25.2 Å². The van der Waals surface area contributed by atoms with Gasteiger partial charge in [-0.2, -0.15) is 0 Å². The lowest BCUT2D eigenvalue weighted by Crippen LogP contribution is -2.11. The summed E-state index contributed by atoms with van der Waals surface area (Å²) in [5.74, 6) is 0.563. The van der Waals surface area contributed by atoms with Crippen molar-refractivity contribution >= 4 is 0 Å². The average Bonchev–Trinajstić information content (AvgIpc) is 2.52. The zero-order chi connectivity index (χ0) is 12.8. The predicted molar refractivity (Wildman–Crippen MR) is 72.5 cm³/mol. The smallest absolute Gasteiger partial charge is 0.267 e. The number of hydrogen-bond acceptors (Lipinski definition) is 1. The van der Waals surface area contributed by atoms with Crippen molar-refractivity contribution < 1.29 is 0 Å². The van der Waals surface area contributed by atoms with Gasteiger partial charge in [0.15, 0.2) is 0 Å². The summed E-state index contributed by atoms with van der Waals surface area (Å²) in [7, 11) is 0. The van der Waals surface area contributed by atoms with Crippen LogP contribution in [0, 0.1) is 5.92 Å². The first-order chi connectivity index (χ1) is 8.10. The maximum Gasteiger partial charge on any atom is 0.267 e. The van der Waals surface area contributed by atoms with E-state index < -0.39 is 0 Å². The van der Waals surface area contributed by atoms with E-state index in [2.05, 4.69) is 37.5 Å². The number of nitrogens with one attached hydrogen (secondary N) is 1. The van der Waals surface area contributed by atoms with Gasteiger partial charge >= 0.3 is 0 Å².